The predicted octanol–water partition coefficient (Wildman–Crippen LogP) is 3.58. The van der Waals surface area contributed by atoms with Crippen LogP contribution in [0.1, 0.15) is 20.0 Å². The number of hydrogen-bond acceptors (Lipinski definition) is 6. The quantitative estimate of drug-likeness (QED) is 0.635. The monoisotopic (exact) mass is 436 g/mol. The second-order valence-electron chi connectivity index (χ2n) is 4.88. The Morgan fingerprint density at radius 1 is 1.27 bits per heavy atom. The highest BCUT2D eigenvalue weighted by atomic mass is 79.9. The number of hydrogen-bond donors (Lipinski definition) is 2. The van der Waals surface area contributed by atoms with E-state index in [-0.39, 0.29) is 21.5 Å². The minimum atomic E-state index is -0.630. The van der Waals surface area contributed by atoms with Gasteiger partial charge < -0.3 is 10.5 Å². The Morgan fingerprint density at radius 2 is 2.08 bits per heavy atom. The zero-order valence-electron chi connectivity index (χ0n) is 12.9. The average Bonchev–Trinajstić information content (AvgIpc) is 3.06. The fourth-order valence-electron chi connectivity index (χ4n) is 1.92. The molecule has 0 radical (unpaired) electrons. The Morgan fingerprint density at radius 3 is 2.77 bits per heavy atom. The van der Waals surface area contributed by atoms with E-state index in [2.05, 4.69) is 31.2 Å². The van der Waals surface area contributed by atoms with Crippen molar-refractivity contribution in [2.24, 2.45) is 5.73 Å². The molecule has 0 fully saturated rings. The first kappa shape index (κ1) is 18.0. The van der Waals surface area contributed by atoms with E-state index in [0.717, 1.165) is 11.3 Å². The van der Waals surface area contributed by atoms with Crippen LogP contribution < -0.4 is 15.8 Å². The SMILES string of the molecule is NC(=O)c1cnc(NC(=O)c2cccnc2Oc2ccc(F)cc2Br)s1. The second kappa shape index (κ2) is 7.58. The number of nitrogens with two attached hydrogens (primary N) is 1. The molecular formula is C16H10BrFN4O3S. The van der Waals surface area contributed by atoms with Crippen LogP contribution in [0.4, 0.5) is 9.52 Å². The van der Waals surface area contributed by atoms with Gasteiger partial charge in [0.05, 0.1) is 10.7 Å². The number of rotatable bonds is 5. The number of carbonyl (C=O) groups is 2. The van der Waals surface area contributed by atoms with Gasteiger partial charge in [-0.3, -0.25) is 14.9 Å². The van der Waals surface area contributed by atoms with Gasteiger partial charge in [-0.05, 0) is 46.3 Å². The van der Waals surface area contributed by atoms with E-state index in [1.54, 1.807) is 6.07 Å². The number of pyridine rings is 1. The van der Waals surface area contributed by atoms with E-state index in [1.807, 2.05) is 0 Å². The van der Waals surface area contributed by atoms with Crippen LogP contribution in [0, 0.1) is 5.82 Å². The molecule has 3 rings (SSSR count). The zero-order chi connectivity index (χ0) is 18.7. The van der Waals surface area contributed by atoms with Crippen LogP contribution in [-0.2, 0) is 0 Å². The van der Waals surface area contributed by atoms with Crippen molar-refractivity contribution in [3.05, 3.63) is 63.5 Å². The van der Waals surface area contributed by atoms with Crippen molar-refractivity contribution in [1.82, 2.24) is 9.97 Å². The summed E-state index contributed by atoms with van der Waals surface area (Å²) in [6.07, 6.45) is 2.73. The Bertz CT molecular complexity index is 995. The number of ether oxygens (including phenoxy) is 1. The van der Waals surface area contributed by atoms with E-state index < -0.39 is 17.6 Å². The third-order valence-electron chi connectivity index (χ3n) is 3.09. The summed E-state index contributed by atoms with van der Waals surface area (Å²) in [5.41, 5.74) is 5.30. The number of amides is 2. The van der Waals surface area contributed by atoms with Crippen LogP contribution in [0.3, 0.4) is 0 Å². The standard InChI is InChI=1S/C16H10BrFN4O3S/c17-10-6-8(18)3-4-11(10)25-15-9(2-1-5-20-15)14(24)22-16-21-7-12(26-16)13(19)23/h1-7H,(H2,19,23)(H,21,22,24). The molecule has 7 nitrogen and oxygen atoms in total. The van der Waals surface area contributed by atoms with Gasteiger partial charge in [0.1, 0.15) is 22.0 Å². The zero-order valence-corrected chi connectivity index (χ0v) is 15.3. The summed E-state index contributed by atoms with van der Waals surface area (Å²) in [7, 11) is 0. The lowest BCUT2D eigenvalue weighted by molar-refractivity contribution is 0.1000. The van der Waals surface area contributed by atoms with Gasteiger partial charge in [0, 0.05) is 6.20 Å². The smallest absolute Gasteiger partial charge is 0.262 e. The van der Waals surface area contributed by atoms with Crippen LogP contribution in [0.5, 0.6) is 11.6 Å². The topological polar surface area (TPSA) is 107 Å². The Hall–Kier alpha value is -2.85. The highest BCUT2D eigenvalue weighted by Gasteiger charge is 2.17. The molecule has 0 atom stereocenters. The first-order chi connectivity index (χ1) is 12.4. The van der Waals surface area contributed by atoms with Gasteiger partial charge in [0.15, 0.2) is 5.13 Å². The summed E-state index contributed by atoms with van der Waals surface area (Å²) < 4.78 is 19.2. The van der Waals surface area contributed by atoms with E-state index >= 15 is 0 Å². The molecule has 0 bridgehead atoms. The van der Waals surface area contributed by atoms with Crippen molar-refractivity contribution in [1.29, 1.82) is 0 Å². The van der Waals surface area contributed by atoms with Crippen molar-refractivity contribution in [3.8, 4) is 11.6 Å². The number of nitrogens with zero attached hydrogens (tertiary/aromatic N) is 2. The third kappa shape index (κ3) is 4.03. The van der Waals surface area contributed by atoms with E-state index in [9.17, 15) is 14.0 Å². The van der Waals surface area contributed by atoms with E-state index in [0.29, 0.717) is 10.2 Å². The Labute approximate surface area is 159 Å². The summed E-state index contributed by atoms with van der Waals surface area (Å²) in [6.45, 7) is 0. The molecule has 2 amide bonds. The molecule has 1 aromatic carbocycles. The lowest BCUT2D eigenvalue weighted by atomic mass is 10.2. The van der Waals surface area contributed by atoms with Gasteiger partial charge in [0.25, 0.3) is 11.8 Å². The summed E-state index contributed by atoms with van der Waals surface area (Å²) in [4.78, 5) is 31.8. The maximum atomic E-state index is 13.2. The molecule has 2 aromatic heterocycles. The minimum absolute atomic E-state index is 0.0315. The lowest BCUT2D eigenvalue weighted by Crippen LogP contribution is -2.13. The normalized spacial score (nSPS) is 10.4. The predicted molar refractivity (Wildman–Crippen MR) is 97.0 cm³/mol. The van der Waals surface area contributed by atoms with Gasteiger partial charge in [0.2, 0.25) is 5.88 Å². The number of halogens is 2. The molecular weight excluding hydrogens is 427 g/mol. The number of nitrogens with one attached hydrogen (secondary N) is 1. The molecule has 10 heteroatoms. The number of primary amides is 1. The molecule has 0 spiro atoms. The molecule has 3 aromatic rings. The molecule has 0 saturated heterocycles. The summed E-state index contributed by atoms with van der Waals surface area (Å²) in [5, 5.41) is 2.76. The first-order valence-corrected chi connectivity index (χ1v) is 8.70. The van der Waals surface area contributed by atoms with E-state index in [4.69, 9.17) is 10.5 Å². The van der Waals surface area contributed by atoms with Crippen molar-refractivity contribution in [3.63, 3.8) is 0 Å². The molecule has 0 aliphatic heterocycles. The van der Waals surface area contributed by atoms with Gasteiger partial charge in [-0.2, -0.15) is 0 Å². The fourth-order valence-corrected chi connectivity index (χ4v) is 3.01. The van der Waals surface area contributed by atoms with Gasteiger partial charge in [-0.1, -0.05) is 11.3 Å². The minimum Gasteiger partial charge on any atom is -0.437 e. The van der Waals surface area contributed by atoms with Crippen molar-refractivity contribution < 1.29 is 18.7 Å². The summed E-state index contributed by atoms with van der Waals surface area (Å²) in [5.74, 6) is -1.27. The van der Waals surface area contributed by atoms with Crippen LogP contribution in [0.2, 0.25) is 0 Å². The Balaban J connectivity index is 1.83. The van der Waals surface area contributed by atoms with Crippen LogP contribution in [0.15, 0.2) is 47.2 Å². The highest BCUT2D eigenvalue weighted by Crippen LogP contribution is 2.31. The fraction of sp³-hybridized carbons (Fsp3) is 0. The number of benzene rings is 1. The molecule has 3 N–H and O–H groups in total. The largest absolute Gasteiger partial charge is 0.437 e. The maximum Gasteiger partial charge on any atom is 0.262 e. The maximum absolute atomic E-state index is 13.2. The third-order valence-corrected chi connectivity index (χ3v) is 4.63. The molecule has 2 heterocycles. The van der Waals surface area contributed by atoms with Gasteiger partial charge in [-0.25, -0.2) is 14.4 Å². The summed E-state index contributed by atoms with van der Waals surface area (Å²) in [6, 6.07) is 6.95. The first-order valence-electron chi connectivity index (χ1n) is 7.09. The van der Waals surface area contributed by atoms with Crippen molar-refractivity contribution >= 4 is 44.2 Å². The average molecular weight is 437 g/mol. The van der Waals surface area contributed by atoms with Crippen LogP contribution in [-0.4, -0.2) is 21.8 Å². The Kier molecular flexibility index (Phi) is 5.24. The lowest BCUT2D eigenvalue weighted by Gasteiger charge is -2.10. The highest BCUT2D eigenvalue weighted by molar-refractivity contribution is 9.10. The van der Waals surface area contributed by atoms with E-state index in [1.165, 1.54) is 36.7 Å². The molecule has 0 aliphatic carbocycles. The summed E-state index contributed by atoms with van der Waals surface area (Å²) >= 11 is 4.14. The molecule has 26 heavy (non-hydrogen) atoms. The molecule has 0 unspecified atom stereocenters. The van der Waals surface area contributed by atoms with Crippen LogP contribution in [0.25, 0.3) is 0 Å². The van der Waals surface area contributed by atoms with Gasteiger partial charge in [-0.15, -0.1) is 0 Å². The number of anilines is 1. The number of thiazole rings is 1. The number of carbonyl (C=O) groups excluding carboxylic acids is 2. The van der Waals surface area contributed by atoms with Crippen molar-refractivity contribution in [2.75, 3.05) is 5.32 Å². The molecule has 0 saturated carbocycles. The molecule has 0 aliphatic rings. The second-order valence-corrected chi connectivity index (χ2v) is 6.77. The van der Waals surface area contributed by atoms with Gasteiger partial charge >= 0.3 is 0 Å². The van der Waals surface area contributed by atoms with Crippen LogP contribution >= 0.6 is 27.3 Å². The number of aromatic nitrogens is 2. The van der Waals surface area contributed by atoms with Crippen molar-refractivity contribution in [2.45, 2.75) is 0 Å². The molecule has 132 valence electrons.